The molecular formula is C9H11NO4S2. The van der Waals surface area contributed by atoms with Crippen LogP contribution in [-0.4, -0.2) is 22.6 Å². The Balaban J connectivity index is 3.03. The van der Waals surface area contributed by atoms with E-state index < -0.39 is 25.8 Å². The maximum absolute atomic E-state index is 11.6. The Bertz CT molecular complexity index is 561. The number of hydrogen-bond acceptors (Lipinski definition) is 4. The molecule has 1 N–H and O–H groups in total. The number of sulfonamides is 2. The zero-order chi connectivity index (χ0) is 12.2. The Hall–Kier alpha value is -1.18. The zero-order valence-corrected chi connectivity index (χ0v) is 9.96. The summed E-state index contributed by atoms with van der Waals surface area (Å²) in [5.74, 6) is -0.445. The third-order valence-corrected chi connectivity index (χ3v) is 5.09. The van der Waals surface area contributed by atoms with Crippen molar-refractivity contribution in [2.75, 3.05) is 5.75 Å². The second-order valence-electron chi connectivity index (χ2n) is 2.97. The Morgan fingerprint density at radius 1 is 1.12 bits per heavy atom. The van der Waals surface area contributed by atoms with Gasteiger partial charge in [0.15, 0.2) is 0 Å². The standard InChI is InChI=1S/C9H11NO4S2/c1-2-8-15(11,12)10-16(13,14)9-6-4-3-5-7-9/h2-7,10H,1,8H2. The fourth-order valence-electron chi connectivity index (χ4n) is 1.00. The van der Waals surface area contributed by atoms with Crippen LogP contribution in [0.4, 0.5) is 0 Å². The van der Waals surface area contributed by atoms with Crippen molar-refractivity contribution in [2.45, 2.75) is 4.90 Å². The summed E-state index contributed by atoms with van der Waals surface area (Å²) >= 11 is 0. The molecule has 1 rings (SSSR count). The van der Waals surface area contributed by atoms with Crippen LogP contribution in [0.25, 0.3) is 0 Å². The highest BCUT2D eigenvalue weighted by Gasteiger charge is 2.20. The molecule has 0 heterocycles. The molecule has 0 saturated heterocycles. The van der Waals surface area contributed by atoms with Gasteiger partial charge in [-0.05, 0) is 12.1 Å². The summed E-state index contributed by atoms with van der Waals surface area (Å²) in [4.78, 5) is -0.0948. The first-order valence-corrected chi connectivity index (χ1v) is 7.43. The molecule has 0 aliphatic rings. The van der Waals surface area contributed by atoms with Crippen molar-refractivity contribution in [2.24, 2.45) is 0 Å². The summed E-state index contributed by atoms with van der Waals surface area (Å²) in [6, 6.07) is 7.28. The summed E-state index contributed by atoms with van der Waals surface area (Å²) in [6.07, 6.45) is 1.11. The van der Waals surface area contributed by atoms with Gasteiger partial charge in [0.1, 0.15) is 0 Å². The van der Waals surface area contributed by atoms with Gasteiger partial charge in [-0.2, -0.15) is 0 Å². The van der Waals surface area contributed by atoms with Crippen molar-refractivity contribution in [3.63, 3.8) is 0 Å². The SMILES string of the molecule is C=CCS(=O)(=O)NS(=O)(=O)c1ccccc1. The Morgan fingerprint density at radius 3 is 2.19 bits per heavy atom. The highest BCUT2D eigenvalue weighted by Crippen LogP contribution is 2.08. The fraction of sp³-hybridized carbons (Fsp3) is 0.111. The predicted octanol–water partition coefficient (Wildman–Crippen LogP) is 0.481. The van der Waals surface area contributed by atoms with Crippen LogP contribution in [0, 0.1) is 0 Å². The molecule has 0 fully saturated rings. The van der Waals surface area contributed by atoms with E-state index in [1.807, 2.05) is 0 Å². The average molecular weight is 261 g/mol. The van der Waals surface area contributed by atoms with Crippen LogP contribution in [0.3, 0.4) is 0 Å². The van der Waals surface area contributed by atoms with Crippen LogP contribution >= 0.6 is 0 Å². The first-order valence-electron chi connectivity index (χ1n) is 4.29. The Kier molecular flexibility index (Phi) is 3.84. The second kappa shape index (κ2) is 4.77. The molecule has 1 aromatic rings. The minimum absolute atomic E-state index is 0.0948. The number of hydrogen-bond donors (Lipinski definition) is 1. The second-order valence-corrected chi connectivity index (χ2v) is 6.68. The van der Waals surface area contributed by atoms with E-state index in [0.717, 1.165) is 6.08 Å². The van der Waals surface area contributed by atoms with E-state index in [1.165, 1.54) is 24.3 Å². The quantitative estimate of drug-likeness (QED) is 0.782. The molecule has 0 aliphatic heterocycles. The topological polar surface area (TPSA) is 80.3 Å². The highest BCUT2D eigenvalue weighted by molar-refractivity contribution is 8.04. The minimum atomic E-state index is -4.03. The van der Waals surface area contributed by atoms with Crippen molar-refractivity contribution in [3.8, 4) is 0 Å². The molecule has 16 heavy (non-hydrogen) atoms. The van der Waals surface area contributed by atoms with E-state index in [2.05, 4.69) is 6.58 Å². The molecule has 0 bridgehead atoms. The first kappa shape index (κ1) is 12.9. The lowest BCUT2D eigenvalue weighted by Crippen LogP contribution is -2.32. The molecule has 88 valence electrons. The molecule has 5 nitrogen and oxygen atoms in total. The van der Waals surface area contributed by atoms with E-state index in [9.17, 15) is 16.8 Å². The van der Waals surface area contributed by atoms with E-state index in [4.69, 9.17) is 0 Å². The van der Waals surface area contributed by atoms with Gasteiger partial charge < -0.3 is 0 Å². The molecule has 0 radical (unpaired) electrons. The van der Waals surface area contributed by atoms with Gasteiger partial charge in [-0.3, -0.25) is 0 Å². The van der Waals surface area contributed by atoms with Gasteiger partial charge in [0, 0.05) is 0 Å². The van der Waals surface area contributed by atoms with Gasteiger partial charge in [0.05, 0.1) is 10.6 Å². The highest BCUT2D eigenvalue weighted by atomic mass is 32.3. The van der Waals surface area contributed by atoms with Gasteiger partial charge in [-0.15, -0.1) is 10.7 Å². The van der Waals surface area contributed by atoms with E-state index in [-0.39, 0.29) is 4.90 Å². The van der Waals surface area contributed by atoms with Gasteiger partial charge >= 0.3 is 0 Å². The Labute approximate surface area is 94.9 Å². The Morgan fingerprint density at radius 2 is 1.69 bits per heavy atom. The van der Waals surface area contributed by atoms with E-state index in [1.54, 1.807) is 10.2 Å². The maximum atomic E-state index is 11.6. The van der Waals surface area contributed by atoms with E-state index in [0.29, 0.717) is 0 Å². The lowest BCUT2D eigenvalue weighted by Gasteiger charge is -2.05. The van der Waals surface area contributed by atoms with Crippen molar-refractivity contribution >= 4 is 20.0 Å². The van der Waals surface area contributed by atoms with Crippen LogP contribution in [0.1, 0.15) is 0 Å². The van der Waals surface area contributed by atoms with Crippen LogP contribution in [0.2, 0.25) is 0 Å². The molecule has 0 unspecified atom stereocenters. The molecule has 1 aromatic carbocycles. The molecule has 7 heteroatoms. The predicted molar refractivity (Wildman–Crippen MR) is 60.7 cm³/mol. The van der Waals surface area contributed by atoms with Crippen LogP contribution in [0.5, 0.6) is 0 Å². The zero-order valence-electron chi connectivity index (χ0n) is 8.33. The van der Waals surface area contributed by atoms with Gasteiger partial charge in [-0.1, -0.05) is 24.3 Å². The van der Waals surface area contributed by atoms with Crippen molar-refractivity contribution < 1.29 is 16.8 Å². The summed E-state index contributed by atoms with van der Waals surface area (Å²) in [5.41, 5.74) is 0. The normalized spacial score (nSPS) is 12.2. The van der Waals surface area contributed by atoms with Gasteiger partial charge in [0.25, 0.3) is 10.0 Å². The van der Waals surface area contributed by atoms with Crippen LogP contribution in [0.15, 0.2) is 47.9 Å². The van der Waals surface area contributed by atoms with Gasteiger partial charge in [-0.25, -0.2) is 16.8 Å². The number of nitrogens with one attached hydrogen (secondary N) is 1. The third-order valence-electron chi connectivity index (χ3n) is 1.63. The molecule has 0 amide bonds. The largest absolute Gasteiger partial charge is 0.253 e. The summed E-state index contributed by atoms with van der Waals surface area (Å²) in [6.45, 7) is 3.23. The average Bonchev–Trinajstić information content (AvgIpc) is 2.17. The summed E-state index contributed by atoms with van der Waals surface area (Å²) < 4.78 is 47.3. The monoisotopic (exact) mass is 261 g/mol. The molecule has 0 aromatic heterocycles. The van der Waals surface area contributed by atoms with Crippen LogP contribution in [-0.2, 0) is 20.0 Å². The molecule has 0 saturated carbocycles. The molecular weight excluding hydrogens is 250 g/mol. The van der Waals surface area contributed by atoms with Crippen molar-refractivity contribution in [1.82, 2.24) is 4.13 Å². The van der Waals surface area contributed by atoms with E-state index >= 15 is 0 Å². The number of benzene rings is 1. The summed E-state index contributed by atoms with van der Waals surface area (Å²) in [7, 11) is -7.92. The van der Waals surface area contributed by atoms with Crippen molar-refractivity contribution in [1.29, 1.82) is 0 Å². The molecule has 0 atom stereocenters. The van der Waals surface area contributed by atoms with Gasteiger partial charge in [0.2, 0.25) is 10.0 Å². The summed E-state index contributed by atoms with van der Waals surface area (Å²) in [5, 5.41) is 0. The first-order chi connectivity index (χ1) is 7.37. The number of rotatable bonds is 5. The maximum Gasteiger partial charge on any atom is 0.253 e. The smallest absolute Gasteiger partial charge is 0.211 e. The lowest BCUT2D eigenvalue weighted by molar-refractivity contribution is 0.578. The van der Waals surface area contributed by atoms with Crippen molar-refractivity contribution in [3.05, 3.63) is 43.0 Å². The van der Waals surface area contributed by atoms with Crippen LogP contribution < -0.4 is 4.13 Å². The third kappa shape index (κ3) is 3.44. The molecule has 0 aliphatic carbocycles. The lowest BCUT2D eigenvalue weighted by atomic mass is 10.4. The fourth-order valence-corrected chi connectivity index (χ4v) is 3.82. The minimum Gasteiger partial charge on any atom is -0.211 e. The molecule has 0 spiro atoms.